The zero-order chi connectivity index (χ0) is 16.2. The Morgan fingerprint density at radius 1 is 1.39 bits per heavy atom. The van der Waals surface area contributed by atoms with Gasteiger partial charge in [-0.1, -0.05) is 17.3 Å². The Kier molecular flexibility index (Phi) is 4.27. The number of nitrogens with zero attached hydrogens (tertiary/aromatic N) is 2. The highest BCUT2D eigenvalue weighted by Gasteiger charge is 2.25. The molecule has 2 aromatic rings. The lowest BCUT2D eigenvalue weighted by molar-refractivity contribution is -0.144. The number of ether oxygens (including phenoxy) is 2. The van der Waals surface area contributed by atoms with Crippen LogP contribution in [-0.2, 0) is 20.9 Å². The number of aryl methyl sites for hydroxylation is 1. The zero-order valence-electron chi connectivity index (χ0n) is 12.7. The summed E-state index contributed by atoms with van der Waals surface area (Å²) < 4.78 is 15.6. The number of carbonyl (C=O) groups excluding carboxylic acids is 2. The quantitative estimate of drug-likeness (QED) is 0.801. The minimum Gasteiger partial charge on any atom is -0.491 e. The Bertz CT molecular complexity index is 725. The molecule has 7 nitrogen and oxygen atoms in total. The lowest BCUT2D eigenvalue weighted by Gasteiger charge is -2.20. The van der Waals surface area contributed by atoms with E-state index in [1.165, 1.54) is 4.90 Å². The van der Waals surface area contributed by atoms with Crippen LogP contribution in [0.4, 0.5) is 5.69 Å². The molecule has 0 aliphatic carbocycles. The molecule has 1 aromatic heterocycles. The van der Waals surface area contributed by atoms with Crippen molar-refractivity contribution in [1.29, 1.82) is 0 Å². The standard InChI is InChI=1S/C16H16N2O5/c1-11-8-12(17-23-11)10-22-16(20)9-18-13-4-2-3-5-14(13)21-7-6-15(18)19/h2-5,8H,6-7,9-10H2,1H3. The van der Waals surface area contributed by atoms with Gasteiger partial charge in [0.05, 0.1) is 18.7 Å². The van der Waals surface area contributed by atoms with Crippen LogP contribution in [0.2, 0.25) is 0 Å². The fourth-order valence-corrected chi connectivity index (χ4v) is 2.31. The second kappa shape index (κ2) is 6.51. The van der Waals surface area contributed by atoms with Crippen LogP contribution < -0.4 is 9.64 Å². The highest BCUT2D eigenvalue weighted by atomic mass is 16.5. The Morgan fingerprint density at radius 2 is 2.22 bits per heavy atom. The summed E-state index contributed by atoms with van der Waals surface area (Å²) in [5.74, 6) is 0.531. The van der Waals surface area contributed by atoms with Gasteiger partial charge in [0.25, 0.3) is 0 Å². The molecule has 7 heteroatoms. The molecule has 0 saturated heterocycles. The third-order valence-corrected chi connectivity index (χ3v) is 3.38. The fraction of sp³-hybridized carbons (Fsp3) is 0.312. The Morgan fingerprint density at radius 3 is 3.00 bits per heavy atom. The third kappa shape index (κ3) is 3.50. The van der Waals surface area contributed by atoms with Crippen molar-refractivity contribution in [3.8, 4) is 5.75 Å². The van der Waals surface area contributed by atoms with E-state index in [4.69, 9.17) is 14.0 Å². The largest absolute Gasteiger partial charge is 0.491 e. The average molecular weight is 316 g/mol. The van der Waals surface area contributed by atoms with E-state index in [1.807, 2.05) is 6.07 Å². The van der Waals surface area contributed by atoms with Crippen LogP contribution in [0.25, 0.3) is 0 Å². The van der Waals surface area contributed by atoms with Crippen molar-refractivity contribution in [1.82, 2.24) is 5.16 Å². The molecular weight excluding hydrogens is 300 g/mol. The van der Waals surface area contributed by atoms with E-state index in [-0.39, 0.29) is 25.5 Å². The molecule has 0 spiro atoms. The molecule has 0 fully saturated rings. The minimum absolute atomic E-state index is 0.0103. The number of benzene rings is 1. The number of anilines is 1. The first-order valence-electron chi connectivity index (χ1n) is 7.23. The molecule has 1 amide bonds. The number of rotatable bonds is 4. The van der Waals surface area contributed by atoms with Crippen LogP contribution >= 0.6 is 0 Å². The number of hydrogen-bond acceptors (Lipinski definition) is 6. The summed E-state index contributed by atoms with van der Waals surface area (Å²) >= 11 is 0. The van der Waals surface area contributed by atoms with E-state index in [1.54, 1.807) is 31.2 Å². The van der Waals surface area contributed by atoms with Crippen molar-refractivity contribution in [3.05, 3.63) is 41.8 Å². The van der Waals surface area contributed by atoms with Gasteiger partial charge in [-0.15, -0.1) is 0 Å². The van der Waals surface area contributed by atoms with Gasteiger partial charge in [-0.2, -0.15) is 0 Å². The van der Waals surface area contributed by atoms with Crippen LogP contribution in [0.3, 0.4) is 0 Å². The molecule has 0 bridgehead atoms. The predicted molar refractivity (Wildman–Crippen MR) is 79.9 cm³/mol. The first-order chi connectivity index (χ1) is 11.1. The van der Waals surface area contributed by atoms with E-state index < -0.39 is 5.97 Å². The molecule has 0 atom stereocenters. The van der Waals surface area contributed by atoms with E-state index >= 15 is 0 Å². The van der Waals surface area contributed by atoms with E-state index in [0.29, 0.717) is 29.5 Å². The molecule has 1 aromatic carbocycles. The van der Waals surface area contributed by atoms with Crippen LogP contribution in [0.15, 0.2) is 34.9 Å². The number of fused-ring (bicyclic) bond motifs is 1. The molecule has 0 unspecified atom stereocenters. The topological polar surface area (TPSA) is 81.9 Å². The zero-order valence-corrected chi connectivity index (χ0v) is 12.7. The number of aromatic nitrogens is 1. The molecule has 0 N–H and O–H groups in total. The van der Waals surface area contributed by atoms with Gasteiger partial charge in [0.2, 0.25) is 5.91 Å². The van der Waals surface area contributed by atoms with Gasteiger partial charge in [-0.05, 0) is 19.1 Å². The van der Waals surface area contributed by atoms with E-state index in [0.717, 1.165) is 0 Å². The van der Waals surface area contributed by atoms with Gasteiger partial charge in [-0.25, -0.2) is 0 Å². The molecule has 120 valence electrons. The summed E-state index contributed by atoms with van der Waals surface area (Å²) in [5.41, 5.74) is 1.10. The van der Waals surface area contributed by atoms with Crippen molar-refractivity contribution < 1.29 is 23.6 Å². The highest BCUT2D eigenvalue weighted by molar-refractivity contribution is 5.99. The summed E-state index contributed by atoms with van der Waals surface area (Å²) in [5, 5.41) is 3.75. The molecule has 1 aliphatic heterocycles. The molecule has 0 saturated carbocycles. The van der Waals surface area contributed by atoms with Crippen molar-refractivity contribution in [2.24, 2.45) is 0 Å². The Labute approximate surface area is 132 Å². The van der Waals surface area contributed by atoms with Gasteiger partial charge >= 0.3 is 5.97 Å². The molecule has 23 heavy (non-hydrogen) atoms. The van der Waals surface area contributed by atoms with Crippen LogP contribution in [0.5, 0.6) is 5.75 Å². The van der Waals surface area contributed by atoms with E-state index in [9.17, 15) is 9.59 Å². The number of para-hydroxylation sites is 2. The number of amides is 1. The second-order valence-electron chi connectivity index (χ2n) is 5.14. The number of esters is 1. The molecular formula is C16H16N2O5. The van der Waals surface area contributed by atoms with Gasteiger partial charge in [0.1, 0.15) is 30.4 Å². The average Bonchev–Trinajstić information content (AvgIpc) is 2.89. The first-order valence-corrected chi connectivity index (χ1v) is 7.23. The first kappa shape index (κ1) is 15.1. The normalized spacial score (nSPS) is 14.0. The maximum Gasteiger partial charge on any atom is 0.326 e. The van der Waals surface area contributed by atoms with Crippen molar-refractivity contribution in [2.75, 3.05) is 18.1 Å². The molecule has 1 aliphatic rings. The summed E-state index contributed by atoms with van der Waals surface area (Å²) in [7, 11) is 0. The molecule has 0 radical (unpaired) electrons. The summed E-state index contributed by atoms with van der Waals surface area (Å²) in [4.78, 5) is 25.6. The van der Waals surface area contributed by atoms with Crippen molar-refractivity contribution in [2.45, 2.75) is 20.0 Å². The van der Waals surface area contributed by atoms with E-state index in [2.05, 4.69) is 5.16 Å². The van der Waals surface area contributed by atoms with Gasteiger partial charge in [0.15, 0.2) is 0 Å². The summed E-state index contributed by atoms with van der Waals surface area (Å²) in [6, 6.07) is 8.81. The number of carbonyl (C=O) groups is 2. The third-order valence-electron chi connectivity index (χ3n) is 3.38. The van der Waals surface area contributed by atoms with Crippen molar-refractivity contribution in [3.63, 3.8) is 0 Å². The lowest BCUT2D eigenvalue weighted by atomic mass is 10.2. The van der Waals surface area contributed by atoms with Gasteiger partial charge in [-0.3, -0.25) is 14.5 Å². The van der Waals surface area contributed by atoms with Gasteiger partial charge in [0, 0.05) is 6.07 Å². The molecule has 3 rings (SSSR count). The predicted octanol–water partition coefficient (Wildman–Crippen LogP) is 1.84. The van der Waals surface area contributed by atoms with Crippen LogP contribution in [-0.4, -0.2) is 30.2 Å². The summed E-state index contributed by atoms with van der Waals surface area (Å²) in [6.45, 7) is 1.89. The smallest absolute Gasteiger partial charge is 0.326 e. The maximum absolute atomic E-state index is 12.2. The molecule has 2 heterocycles. The van der Waals surface area contributed by atoms with Gasteiger partial charge < -0.3 is 14.0 Å². The van der Waals surface area contributed by atoms with Crippen LogP contribution in [0.1, 0.15) is 17.9 Å². The fourth-order valence-electron chi connectivity index (χ4n) is 2.31. The number of hydrogen-bond donors (Lipinski definition) is 0. The SMILES string of the molecule is Cc1cc(COC(=O)CN2C(=O)CCOc3ccccc32)no1. The van der Waals surface area contributed by atoms with Crippen LogP contribution in [0, 0.1) is 6.92 Å². The highest BCUT2D eigenvalue weighted by Crippen LogP contribution is 2.30. The lowest BCUT2D eigenvalue weighted by Crippen LogP contribution is -2.36. The van der Waals surface area contributed by atoms with Crippen molar-refractivity contribution >= 4 is 17.6 Å². The minimum atomic E-state index is -0.518. The summed E-state index contributed by atoms with van der Waals surface area (Å²) in [6.07, 6.45) is 0.213. The second-order valence-corrected chi connectivity index (χ2v) is 5.14. The monoisotopic (exact) mass is 316 g/mol. The Hall–Kier alpha value is -2.83. The maximum atomic E-state index is 12.2. The Balaban J connectivity index is 1.68.